The highest BCUT2D eigenvalue weighted by molar-refractivity contribution is 4.85. The topological polar surface area (TPSA) is 29.5 Å². The molecule has 78 valence electrons. The third kappa shape index (κ3) is 8.00. The second-order valence-electron chi connectivity index (χ2n) is 4.51. The lowest BCUT2D eigenvalue weighted by Crippen LogP contribution is -2.19. The molecule has 0 radical (unpaired) electrons. The highest BCUT2D eigenvalue weighted by Gasteiger charge is 2.16. The highest BCUT2D eigenvalue weighted by Crippen LogP contribution is 2.23. The van der Waals surface area contributed by atoms with Crippen LogP contribution < -0.4 is 0 Å². The van der Waals surface area contributed by atoms with Crippen molar-refractivity contribution in [3.8, 4) is 0 Å². The Morgan fingerprint density at radius 2 is 1.92 bits per heavy atom. The van der Waals surface area contributed by atoms with E-state index in [-0.39, 0.29) is 12.7 Å². The Balaban J connectivity index is 3.83. The van der Waals surface area contributed by atoms with Gasteiger partial charge in [-0.25, -0.2) is 0 Å². The fourth-order valence-electron chi connectivity index (χ4n) is 1.27. The van der Waals surface area contributed by atoms with Crippen LogP contribution in [0.2, 0.25) is 0 Å². The molecule has 0 saturated carbocycles. The maximum absolute atomic E-state index is 8.56. The van der Waals surface area contributed by atoms with Gasteiger partial charge in [-0.15, -0.1) is 0 Å². The molecule has 13 heavy (non-hydrogen) atoms. The van der Waals surface area contributed by atoms with Crippen LogP contribution in [0.4, 0.5) is 0 Å². The summed E-state index contributed by atoms with van der Waals surface area (Å²) >= 11 is 0. The lowest BCUT2D eigenvalue weighted by molar-refractivity contribution is 0.0685. The van der Waals surface area contributed by atoms with Gasteiger partial charge in [0.15, 0.2) is 0 Å². The minimum absolute atomic E-state index is 0.117. The Morgan fingerprint density at radius 3 is 2.31 bits per heavy atom. The first-order valence-corrected chi connectivity index (χ1v) is 4.78. The van der Waals surface area contributed by atoms with Crippen molar-refractivity contribution in [3.05, 3.63) is 12.2 Å². The molecular weight excluding hydrogens is 164 g/mol. The minimum atomic E-state index is 0.117. The van der Waals surface area contributed by atoms with Gasteiger partial charge < -0.3 is 9.84 Å². The van der Waals surface area contributed by atoms with Crippen LogP contribution in [0.5, 0.6) is 0 Å². The molecule has 0 spiro atoms. The Hall–Kier alpha value is -0.340. The van der Waals surface area contributed by atoms with Crippen LogP contribution in [-0.2, 0) is 4.74 Å². The van der Waals surface area contributed by atoms with Gasteiger partial charge in [0, 0.05) is 7.11 Å². The smallest absolute Gasteiger partial charge is 0.0612 e. The molecule has 2 nitrogen and oxygen atoms in total. The second-order valence-corrected chi connectivity index (χ2v) is 4.51. The van der Waals surface area contributed by atoms with E-state index in [9.17, 15) is 0 Å². The number of methoxy groups -OCH3 is 1. The molecule has 1 atom stereocenters. The van der Waals surface area contributed by atoms with Crippen molar-refractivity contribution < 1.29 is 9.84 Å². The van der Waals surface area contributed by atoms with Crippen molar-refractivity contribution in [2.45, 2.75) is 39.7 Å². The first-order valence-electron chi connectivity index (χ1n) is 4.78. The van der Waals surface area contributed by atoms with E-state index in [0.29, 0.717) is 5.41 Å². The summed E-state index contributed by atoms with van der Waals surface area (Å²) in [5.41, 5.74) is 0.299. The van der Waals surface area contributed by atoms with Gasteiger partial charge in [-0.1, -0.05) is 32.9 Å². The Kier molecular flexibility index (Phi) is 6.00. The molecule has 0 rings (SSSR count). The zero-order valence-corrected chi connectivity index (χ0v) is 9.21. The Bertz CT molecular complexity index is 145. The van der Waals surface area contributed by atoms with Crippen LogP contribution >= 0.6 is 0 Å². The molecule has 0 fully saturated rings. The molecule has 0 amide bonds. The zero-order chi connectivity index (χ0) is 10.3. The molecular formula is C11H22O2. The van der Waals surface area contributed by atoms with Crippen LogP contribution in [0, 0.1) is 5.41 Å². The van der Waals surface area contributed by atoms with Gasteiger partial charge in [-0.05, 0) is 18.3 Å². The lowest BCUT2D eigenvalue weighted by Gasteiger charge is -2.24. The van der Waals surface area contributed by atoms with E-state index < -0.39 is 0 Å². The van der Waals surface area contributed by atoms with E-state index in [1.807, 2.05) is 6.08 Å². The molecule has 0 aliphatic heterocycles. The summed E-state index contributed by atoms with van der Waals surface area (Å²) in [4.78, 5) is 0. The van der Waals surface area contributed by atoms with Crippen LogP contribution in [0.1, 0.15) is 33.6 Å². The first-order chi connectivity index (χ1) is 5.99. The summed E-state index contributed by atoms with van der Waals surface area (Å²) < 4.78 is 5.34. The highest BCUT2D eigenvalue weighted by atomic mass is 16.5. The zero-order valence-electron chi connectivity index (χ0n) is 9.21. The molecule has 0 saturated heterocycles. The summed E-state index contributed by atoms with van der Waals surface area (Å²) in [5, 5.41) is 8.56. The SMILES string of the molecule is COC(CC=CCO)CC(C)(C)C. The summed E-state index contributed by atoms with van der Waals surface area (Å²) in [5.74, 6) is 0. The Labute approximate surface area is 81.6 Å². The maximum Gasteiger partial charge on any atom is 0.0612 e. The van der Waals surface area contributed by atoms with Gasteiger partial charge in [0.1, 0.15) is 0 Å². The van der Waals surface area contributed by atoms with Gasteiger partial charge in [0.2, 0.25) is 0 Å². The quantitative estimate of drug-likeness (QED) is 0.668. The summed E-state index contributed by atoms with van der Waals surface area (Å²) in [7, 11) is 1.74. The molecule has 0 aromatic heterocycles. The van der Waals surface area contributed by atoms with Crippen LogP contribution in [0.25, 0.3) is 0 Å². The summed E-state index contributed by atoms with van der Waals surface area (Å²) in [6.07, 6.45) is 5.92. The minimum Gasteiger partial charge on any atom is -0.392 e. The van der Waals surface area contributed by atoms with E-state index in [0.717, 1.165) is 12.8 Å². The fourth-order valence-corrected chi connectivity index (χ4v) is 1.27. The fraction of sp³-hybridized carbons (Fsp3) is 0.818. The number of aliphatic hydroxyl groups excluding tert-OH is 1. The summed E-state index contributed by atoms with van der Waals surface area (Å²) in [6, 6.07) is 0. The monoisotopic (exact) mass is 186 g/mol. The number of rotatable bonds is 5. The third-order valence-electron chi connectivity index (χ3n) is 1.84. The molecule has 0 bridgehead atoms. The standard InChI is InChI=1S/C11H22O2/c1-11(2,3)9-10(13-4)7-5-6-8-12/h5-6,10,12H,7-9H2,1-4H3. The van der Waals surface area contributed by atoms with Crippen LogP contribution in [0.3, 0.4) is 0 Å². The van der Waals surface area contributed by atoms with Crippen LogP contribution in [-0.4, -0.2) is 24.9 Å². The van der Waals surface area contributed by atoms with Gasteiger partial charge in [-0.3, -0.25) is 0 Å². The maximum atomic E-state index is 8.56. The van der Waals surface area contributed by atoms with E-state index in [4.69, 9.17) is 9.84 Å². The molecule has 0 aromatic rings. The molecule has 0 aliphatic rings. The number of hydrogen-bond donors (Lipinski definition) is 1. The second kappa shape index (κ2) is 6.17. The van der Waals surface area contributed by atoms with E-state index in [1.54, 1.807) is 13.2 Å². The van der Waals surface area contributed by atoms with Crippen molar-refractivity contribution in [2.24, 2.45) is 5.41 Å². The number of aliphatic hydroxyl groups is 1. The molecule has 0 aromatic carbocycles. The average molecular weight is 186 g/mol. The van der Waals surface area contributed by atoms with Crippen molar-refractivity contribution in [1.29, 1.82) is 0 Å². The third-order valence-corrected chi connectivity index (χ3v) is 1.84. The average Bonchev–Trinajstić information content (AvgIpc) is 2.01. The molecule has 1 unspecified atom stereocenters. The normalized spacial score (nSPS) is 15.2. The lowest BCUT2D eigenvalue weighted by atomic mass is 9.88. The summed E-state index contributed by atoms with van der Waals surface area (Å²) in [6.45, 7) is 6.73. The number of hydrogen-bond acceptors (Lipinski definition) is 2. The van der Waals surface area contributed by atoms with Gasteiger partial charge in [-0.2, -0.15) is 0 Å². The van der Waals surface area contributed by atoms with Gasteiger partial charge in [0.25, 0.3) is 0 Å². The van der Waals surface area contributed by atoms with E-state index in [2.05, 4.69) is 20.8 Å². The van der Waals surface area contributed by atoms with Crippen molar-refractivity contribution in [2.75, 3.05) is 13.7 Å². The number of ether oxygens (including phenoxy) is 1. The van der Waals surface area contributed by atoms with Gasteiger partial charge >= 0.3 is 0 Å². The van der Waals surface area contributed by atoms with Crippen molar-refractivity contribution >= 4 is 0 Å². The van der Waals surface area contributed by atoms with Crippen molar-refractivity contribution in [3.63, 3.8) is 0 Å². The molecule has 1 N–H and O–H groups in total. The molecule has 2 heteroatoms. The van der Waals surface area contributed by atoms with E-state index >= 15 is 0 Å². The largest absolute Gasteiger partial charge is 0.392 e. The predicted molar refractivity (Wildman–Crippen MR) is 55.7 cm³/mol. The molecule has 0 heterocycles. The first kappa shape index (κ1) is 12.7. The van der Waals surface area contributed by atoms with Gasteiger partial charge in [0.05, 0.1) is 12.7 Å². The van der Waals surface area contributed by atoms with E-state index in [1.165, 1.54) is 0 Å². The van der Waals surface area contributed by atoms with Crippen molar-refractivity contribution in [1.82, 2.24) is 0 Å². The predicted octanol–water partition coefficient (Wildman–Crippen LogP) is 2.38. The Morgan fingerprint density at radius 1 is 1.31 bits per heavy atom. The molecule has 0 aliphatic carbocycles. The van der Waals surface area contributed by atoms with Crippen LogP contribution in [0.15, 0.2) is 12.2 Å².